The summed E-state index contributed by atoms with van der Waals surface area (Å²) in [5, 5.41) is 3.31. The smallest absolute Gasteiger partial charge is 0.243 e. The Morgan fingerprint density at radius 2 is 1.64 bits per heavy atom. The van der Waals surface area contributed by atoms with Crippen molar-refractivity contribution in [3.63, 3.8) is 0 Å². The van der Waals surface area contributed by atoms with Crippen molar-refractivity contribution in [3.05, 3.63) is 71.5 Å². The summed E-state index contributed by atoms with van der Waals surface area (Å²) >= 11 is 0. The SMILES string of the molecule is CC(=O)c1cccc(S(=O)(=O)N2CCN(c3cc(Nc4ccc(C)cc4)nc(C)n3)CC2)c1. The van der Waals surface area contributed by atoms with E-state index in [1.807, 2.05) is 44.2 Å². The van der Waals surface area contributed by atoms with Gasteiger partial charge in [-0.1, -0.05) is 29.8 Å². The first kappa shape index (κ1) is 22.9. The predicted octanol–water partition coefficient (Wildman–Crippen LogP) is 3.55. The first-order valence-corrected chi connectivity index (χ1v) is 12.2. The van der Waals surface area contributed by atoms with Crippen LogP contribution in [0.2, 0.25) is 0 Å². The molecule has 1 fully saturated rings. The highest BCUT2D eigenvalue weighted by molar-refractivity contribution is 7.89. The second-order valence-electron chi connectivity index (χ2n) is 8.12. The molecular weight excluding hydrogens is 438 g/mol. The molecule has 4 rings (SSSR count). The van der Waals surface area contributed by atoms with Gasteiger partial charge in [0.1, 0.15) is 17.5 Å². The van der Waals surface area contributed by atoms with Gasteiger partial charge in [0, 0.05) is 43.5 Å². The van der Waals surface area contributed by atoms with Crippen LogP contribution in [0.1, 0.15) is 28.7 Å². The number of Topliss-reactive ketones (excluding diaryl/α,β-unsaturated/α-hetero) is 1. The van der Waals surface area contributed by atoms with Crippen LogP contribution in [-0.2, 0) is 10.0 Å². The molecule has 9 heteroatoms. The van der Waals surface area contributed by atoms with E-state index in [9.17, 15) is 13.2 Å². The van der Waals surface area contributed by atoms with Gasteiger partial charge < -0.3 is 10.2 Å². The van der Waals surface area contributed by atoms with Gasteiger partial charge in [0.25, 0.3) is 0 Å². The van der Waals surface area contributed by atoms with Gasteiger partial charge in [-0.25, -0.2) is 18.4 Å². The van der Waals surface area contributed by atoms with E-state index in [-0.39, 0.29) is 10.7 Å². The van der Waals surface area contributed by atoms with Crippen LogP contribution in [0.5, 0.6) is 0 Å². The Labute approximate surface area is 194 Å². The molecule has 33 heavy (non-hydrogen) atoms. The second-order valence-corrected chi connectivity index (χ2v) is 10.1. The van der Waals surface area contributed by atoms with Gasteiger partial charge in [0.05, 0.1) is 4.90 Å². The number of benzene rings is 2. The molecule has 172 valence electrons. The Balaban J connectivity index is 1.47. The number of carbonyl (C=O) groups is 1. The Morgan fingerprint density at radius 1 is 0.939 bits per heavy atom. The van der Waals surface area contributed by atoms with E-state index in [0.29, 0.717) is 43.4 Å². The molecule has 1 aliphatic rings. The highest BCUT2D eigenvalue weighted by Crippen LogP contribution is 2.24. The number of rotatable bonds is 6. The molecule has 2 aromatic carbocycles. The van der Waals surface area contributed by atoms with Crippen LogP contribution < -0.4 is 10.2 Å². The lowest BCUT2D eigenvalue weighted by molar-refractivity contribution is 0.101. The van der Waals surface area contributed by atoms with Crippen molar-refractivity contribution in [2.24, 2.45) is 0 Å². The zero-order valence-corrected chi connectivity index (χ0v) is 19.8. The van der Waals surface area contributed by atoms with Gasteiger partial charge >= 0.3 is 0 Å². The van der Waals surface area contributed by atoms with E-state index in [1.54, 1.807) is 12.1 Å². The molecule has 2 heterocycles. The fourth-order valence-corrected chi connectivity index (χ4v) is 5.21. The van der Waals surface area contributed by atoms with Gasteiger partial charge in [-0.15, -0.1) is 0 Å². The van der Waals surface area contributed by atoms with Crippen molar-refractivity contribution in [2.75, 3.05) is 36.4 Å². The number of aryl methyl sites for hydroxylation is 2. The summed E-state index contributed by atoms with van der Waals surface area (Å²) in [6, 6.07) is 16.1. The minimum atomic E-state index is -3.67. The molecular formula is C24H27N5O3S. The predicted molar refractivity (Wildman–Crippen MR) is 129 cm³/mol. The Kier molecular flexibility index (Phi) is 6.44. The number of anilines is 3. The van der Waals surface area contributed by atoms with E-state index in [2.05, 4.69) is 20.2 Å². The number of aromatic nitrogens is 2. The zero-order chi connectivity index (χ0) is 23.6. The van der Waals surface area contributed by atoms with Gasteiger partial charge in [0.2, 0.25) is 10.0 Å². The van der Waals surface area contributed by atoms with Crippen LogP contribution in [0.3, 0.4) is 0 Å². The molecule has 1 N–H and O–H groups in total. The second kappa shape index (κ2) is 9.29. The first-order chi connectivity index (χ1) is 15.7. The molecule has 0 unspecified atom stereocenters. The lowest BCUT2D eigenvalue weighted by Crippen LogP contribution is -2.49. The van der Waals surface area contributed by atoms with Crippen LogP contribution in [0.4, 0.5) is 17.3 Å². The number of hydrogen-bond acceptors (Lipinski definition) is 7. The molecule has 1 saturated heterocycles. The number of carbonyl (C=O) groups excluding carboxylic acids is 1. The highest BCUT2D eigenvalue weighted by Gasteiger charge is 2.29. The Morgan fingerprint density at radius 3 is 2.30 bits per heavy atom. The summed E-state index contributed by atoms with van der Waals surface area (Å²) < 4.78 is 27.7. The molecule has 1 aliphatic heterocycles. The topological polar surface area (TPSA) is 95.5 Å². The lowest BCUT2D eigenvalue weighted by atomic mass is 10.2. The third-order valence-corrected chi connectivity index (χ3v) is 7.48. The molecule has 0 aliphatic carbocycles. The lowest BCUT2D eigenvalue weighted by Gasteiger charge is -2.34. The van der Waals surface area contributed by atoms with E-state index < -0.39 is 10.0 Å². The molecule has 0 bridgehead atoms. The zero-order valence-electron chi connectivity index (χ0n) is 18.9. The molecule has 0 spiro atoms. The summed E-state index contributed by atoms with van der Waals surface area (Å²) in [6.45, 7) is 6.98. The number of nitrogens with zero attached hydrogens (tertiary/aromatic N) is 4. The summed E-state index contributed by atoms with van der Waals surface area (Å²) in [7, 11) is -3.67. The molecule has 0 saturated carbocycles. The summed E-state index contributed by atoms with van der Waals surface area (Å²) in [6.07, 6.45) is 0. The van der Waals surface area contributed by atoms with Gasteiger partial charge in [0.15, 0.2) is 5.78 Å². The largest absolute Gasteiger partial charge is 0.354 e. The number of ketones is 1. The first-order valence-electron chi connectivity index (χ1n) is 10.8. The molecule has 0 atom stereocenters. The van der Waals surface area contributed by atoms with Crippen LogP contribution in [0.25, 0.3) is 0 Å². The van der Waals surface area contributed by atoms with Crippen molar-refractivity contribution < 1.29 is 13.2 Å². The maximum Gasteiger partial charge on any atom is 0.243 e. The number of nitrogens with one attached hydrogen (secondary N) is 1. The summed E-state index contributed by atoms with van der Waals surface area (Å²) in [5.41, 5.74) is 2.51. The van der Waals surface area contributed by atoms with Crippen LogP contribution in [0.15, 0.2) is 59.5 Å². The standard InChI is InChI=1S/C24H27N5O3S/c1-17-7-9-21(10-8-17)27-23-16-24(26-19(3)25-23)28-11-13-29(14-12-28)33(31,32)22-6-4-5-20(15-22)18(2)30/h4-10,15-16H,11-14H2,1-3H3,(H,25,26,27). The molecule has 1 aromatic heterocycles. The monoisotopic (exact) mass is 465 g/mol. The number of piperazine rings is 1. The van der Waals surface area contributed by atoms with Gasteiger partial charge in [-0.05, 0) is 45.0 Å². The van der Waals surface area contributed by atoms with E-state index in [1.165, 1.54) is 28.9 Å². The van der Waals surface area contributed by atoms with Crippen LogP contribution in [0, 0.1) is 13.8 Å². The van der Waals surface area contributed by atoms with Crippen molar-refractivity contribution in [1.82, 2.24) is 14.3 Å². The van der Waals surface area contributed by atoms with Gasteiger partial charge in [-0.2, -0.15) is 4.31 Å². The Hall–Kier alpha value is -3.30. The third-order valence-electron chi connectivity index (χ3n) is 5.59. The summed E-state index contributed by atoms with van der Waals surface area (Å²) in [4.78, 5) is 22.9. The molecule has 0 radical (unpaired) electrons. The number of sulfonamides is 1. The van der Waals surface area contributed by atoms with Crippen LogP contribution in [-0.4, -0.2) is 54.7 Å². The van der Waals surface area contributed by atoms with E-state index in [0.717, 1.165) is 11.5 Å². The van der Waals surface area contributed by atoms with Crippen molar-refractivity contribution in [1.29, 1.82) is 0 Å². The average molecular weight is 466 g/mol. The van der Waals surface area contributed by atoms with E-state index in [4.69, 9.17) is 0 Å². The quantitative estimate of drug-likeness (QED) is 0.556. The summed E-state index contributed by atoms with van der Waals surface area (Å²) in [5.74, 6) is 1.93. The van der Waals surface area contributed by atoms with Crippen molar-refractivity contribution >= 4 is 33.1 Å². The van der Waals surface area contributed by atoms with Crippen molar-refractivity contribution in [3.8, 4) is 0 Å². The van der Waals surface area contributed by atoms with E-state index >= 15 is 0 Å². The van der Waals surface area contributed by atoms with Crippen LogP contribution >= 0.6 is 0 Å². The normalized spacial score (nSPS) is 14.8. The minimum Gasteiger partial charge on any atom is -0.354 e. The maximum atomic E-state index is 13.1. The van der Waals surface area contributed by atoms with Gasteiger partial charge in [-0.3, -0.25) is 4.79 Å². The molecule has 0 amide bonds. The molecule has 3 aromatic rings. The Bertz CT molecular complexity index is 1270. The highest BCUT2D eigenvalue weighted by atomic mass is 32.2. The fourth-order valence-electron chi connectivity index (χ4n) is 3.74. The maximum absolute atomic E-state index is 13.1. The average Bonchev–Trinajstić information content (AvgIpc) is 2.80. The molecule has 8 nitrogen and oxygen atoms in total. The van der Waals surface area contributed by atoms with Crippen molar-refractivity contribution in [2.45, 2.75) is 25.7 Å². The number of hydrogen-bond donors (Lipinski definition) is 1. The minimum absolute atomic E-state index is 0.145. The third kappa shape index (κ3) is 5.20. The fraction of sp³-hybridized carbons (Fsp3) is 0.292.